The summed E-state index contributed by atoms with van der Waals surface area (Å²) in [5.41, 5.74) is 9.59. The molecule has 0 aliphatic carbocycles. The van der Waals surface area contributed by atoms with Crippen molar-refractivity contribution in [3.05, 3.63) is 62.2 Å². The van der Waals surface area contributed by atoms with Crippen molar-refractivity contribution in [3.8, 4) is 0 Å². The molecule has 3 aromatic rings. The summed E-state index contributed by atoms with van der Waals surface area (Å²) in [6.07, 6.45) is 0.462. The molecule has 2 N–H and O–H groups in total. The predicted molar refractivity (Wildman–Crippen MR) is 118 cm³/mol. The number of hydrogen-bond donors (Lipinski definition) is 1. The second-order valence-electron chi connectivity index (χ2n) is 7.10. The van der Waals surface area contributed by atoms with Crippen LogP contribution in [0.2, 0.25) is 15.1 Å². The molecule has 0 saturated carbocycles. The number of rotatable bonds is 3. The number of ether oxygens (including phenoxy) is 1. The Hall–Kier alpha value is -1.92. The van der Waals surface area contributed by atoms with E-state index in [9.17, 15) is 4.79 Å². The van der Waals surface area contributed by atoms with Crippen LogP contribution in [0.3, 0.4) is 0 Å². The molecule has 4 rings (SSSR count). The van der Waals surface area contributed by atoms with E-state index in [1.165, 1.54) is 0 Å². The second kappa shape index (κ2) is 8.07. The second-order valence-corrected chi connectivity index (χ2v) is 8.29. The van der Waals surface area contributed by atoms with Gasteiger partial charge in [-0.25, -0.2) is 0 Å². The van der Waals surface area contributed by atoms with Crippen molar-refractivity contribution in [2.75, 3.05) is 32.0 Å². The average Bonchev–Trinajstić information content (AvgIpc) is 3.01. The lowest BCUT2D eigenvalue weighted by Gasteiger charge is -2.27. The lowest BCUT2D eigenvalue weighted by Crippen LogP contribution is -2.40. The van der Waals surface area contributed by atoms with Gasteiger partial charge in [-0.15, -0.1) is 0 Å². The van der Waals surface area contributed by atoms with Crippen LogP contribution in [0.4, 0.5) is 5.69 Å². The Kier molecular flexibility index (Phi) is 5.67. The molecule has 29 heavy (non-hydrogen) atoms. The highest BCUT2D eigenvalue weighted by Gasteiger charge is 2.23. The quantitative estimate of drug-likeness (QED) is 0.582. The van der Waals surface area contributed by atoms with E-state index < -0.39 is 0 Å². The highest BCUT2D eigenvalue weighted by molar-refractivity contribution is 6.38. The number of anilines is 1. The summed E-state index contributed by atoms with van der Waals surface area (Å²) in [6, 6.07) is 9.02. The third-order valence-electron chi connectivity index (χ3n) is 5.31. The number of carbonyl (C=O) groups is 1. The predicted octanol–water partition coefficient (Wildman–Crippen LogP) is 4.78. The minimum atomic E-state index is -0.107. The van der Waals surface area contributed by atoms with Crippen LogP contribution in [0.5, 0.6) is 0 Å². The summed E-state index contributed by atoms with van der Waals surface area (Å²) in [7, 11) is 1.94. The topological polar surface area (TPSA) is 60.5 Å². The van der Waals surface area contributed by atoms with Gasteiger partial charge in [0.2, 0.25) is 0 Å². The molecule has 152 valence electrons. The maximum absolute atomic E-state index is 12.9. The van der Waals surface area contributed by atoms with Crippen LogP contribution in [-0.2, 0) is 18.2 Å². The van der Waals surface area contributed by atoms with Gasteiger partial charge in [0.1, 0.15) is 0 Å². The summed E-state index contributed by atoms with van der Waals surface area (Å²) < 4.78 is 7.34. The summed E-state index contributed by atoms with van der Waals surface area (Å²) in [5, 5.41) is 2.40. The number of aromatic nitrogens is 1. The van der Waals surface area contributed by atoms with Gasteiger partial charge in [-0.2, -0.15) is 0 Å². The Balaban J connectivity index is 1.72. The number of nitrogen functional groups attached to an aromatic ring is 1. The van der Waals surface area contributed by atoms with Crippen LogP contribution < -0.4 is 5.73 Å². The molecule has 0 atom stereocenters. The van der Waals surface area contributed by atoms with Crippen molar-refractivity contribution >= 4 is 57.3 Å². The van der Waals surface area contributed by atoms with Gasteiger partial charge in [0.05, 0.1) is 34.3 Å². The Morgan fingerprint density at radius 3 is 2.55 bits per heavy atom. The van der Waals surface area contributed by atoms with Crippen molar-refractivity contribution in [1.29, 1.82) is 0 Å². The van der Waals surface area contributed by atoms with Gasteiger partial charge in [0, 0.05) is 48.3 Å². The van der Waals surface area contributed by atoms with Crippen LogP contribution in [0, 0.1) is 0 Å². The standard InChI is InChI=1S/C21H20Cl3N3O2/c1-26-13(10-15-18(23)8-12(25)9-19(15)26)11-16-17(22)3-2-14(20(16)24)21(28)27-4-6-29-7-5-27/h2-3,8-10H,4-7,11,25H2,1H3. The molecule has 2 aromatic carbocycles. The summed E-state index contributed by atoms with van der Waals surface area (Å²) >= 11 is 19.5. The van der Waals surface area contributed by atoms with Crippen LogP contribution >= 0.6 is 34.8 Å². The molecule has 1 fully saturated rings. The molecule has 8 heteroatoms. The number of nitrogens with zero attached hydrogens (tertiary/aromatic N) is 2. The van der Waals surface area contributed by atoms with Crippen molar-refractivity contribution in [2.45, 2.75) is 6.42 Å². The fourth-order valence-electron chi connectivity index (χ4n) is 3.67. The lowest BCUT2D eigenvalue weighted by atomic mass is 10.0. The van der Waals surface area contributed by atoms with Gasteiger partial charge in [0.25, 0.3) is 5.91 Å². The lowest BCUT2D eigenvalue weighted by molar-refractivity contribution is 0.0303. The number of fused-ring (bicyclic) bond motifs is 1. The molecule has 0 bridgehead atoms. The third kappa shape index (κ3) is 3.80. The fraction of sp³-hybridized carbons (Fsp3) is 0.286. The van der Waals surface area contributed by atoms with E-state index in [0.717, 1.165) is 16.6 Å². The van der Waals surface area contributed by atoms with E-state index in [0.29, 0.717) is 64.6 Å². The number of nitrogens with two attached hydrogens (primary N) is 1. The Bertz CT molecular complexity index is 1100. The number of hydrogen-bond acceptors (Lipinski definition) is 3. The number of amides is 1. The first kappa shape index (κ1) is 20.4. The first-order chi connectivity index (χ1) is 13.9. The molecule has 2 heterocycles. The summed E-state index contributed by atoms with van der Waals surface area (Å²) in [6.45, 7) is 2.17. The van der Waals surface area contributed by atoms with Crippen molar-refractivity contribution < 1.29 is 9.53 Å². The molecule has 1 aliphatic rings. The normalized spacial score (nSPS) is 14.6. The zero-order chi connectivity index (χ0) is 20.7. The zero-order valence-corrected chi connectivity index (χ0v) is 18.1. The van der Waals surface area contributed by atoms with Gasteiger partial charge in [-0.3, -0.25) is 4.79 Å². The first-order valence-electron chi connectivity index (χ1n) is 9.24. The Morgan fingerprint density at radius 2 is 1.83 bits per heavy atom. The van der Waals surface area contributed by atoms with Gasteiger partial charge < -0.3 is 19.9 Å². The molecule has 1 amide bonds. The maximum atomic E-state index is 12.9. The Morgan fingerprint density at radius 1 is 1.10 bits per heavy atom. The molecule has 0 unspecified atom stereocenters. The smallest absolute Gasteiger partial charge is 0.255 e. The number of aryl methyl sites for hydroxylation is 1. The number of benzene rings is 2. The van der Waals surface area contributed by atoms with E-state index in [1.54, 1.807) is 23.1 Å². The molecule has 0 radical (unpaired) electrons. The van der Waals surface area contributed by atoms with E-state index in [1.807, 2.05) is 23.7 Å². The molecule has 1 aliphatic heterocycles. The zero-order valence-electron chi connectivity index (χ0n) is 15.8. The highest BCUT2D eigenvalue weighted by atomic mass is 35.5. The van der Waals surface area contributed by atoms with Crippen LogP contribution in [0.25, 0.3) is 10.9 Å². The summed E-state index contributed by atoms with van der Waals surface area (Å²) in [4.78, 5) is 14.7. The first-order valence-corrected chi connectivity index (χ1v) is 10.4. The van der Waals surface area contributed by atoms with Gasteiger partial charge in [-0.1, -0.05) is 34.8 Å². The monoisotopic (exact) mass is 451 g/mol. The molecule has 1 saturated heterocycles. The Labute approximate surface area is 183 Å². The molecular weight excluding hydrogens is 433 g/mol. The van der Waals surface area contributed by atoms with E-state index in [2.05, 4.69) is 0 Å². The van der Waals surface area contributed by atoms with Crippen molar-refractivity contribution in [2.24, 2.45) is 7.05 Å². The third-order valence-corrected chi connectivity index (χ3v) is 6.40. The number of halogens is 3. The summed E-state index contributed by atoms with van der Waals surface area (Å²) in [5.74, 6) is -0.107. The molecule has 0 spiro atoms. The highest BCUT2D eigenvalue weighted by Crippen LogP contribution is 2.34. The van der Waals surface area contributed by atoms with Crippen LogP contribution in [0.15, 0.2) is 30.3 Å². The van der Waals surface area contributed by atoms with Gasteiger partial charge >= 0.3 is 0 Å². The average molecular weight is 453 g/mol. The SMILES string of the molecule is Cn1c(Cc2c(Cl)ccc(C(=O)N3CCOCC3)c2Cl)cc2c(Cl)cc(N)cc21. The minimum absolute atomic E-state index is 0.107. The molecular formula is C21H20Cl3N3O2. The van der Waals surface area contributed by atoms with Crippen LogP contribution in [-0.4, -0.2) is 41.7 Å². The number of morpholine rings is 1. The molecule has 5 nitrogen and oxygen atoms in total. The van der Waals surface area contributed by atoms with Gasteiger partial charge in [0.15, 0.2) is 0 Å². The fourth-order valence-corrected chi connectivity index (χ4v) is 4.54. The van der Waals surface area contributed by atoms with Crippen molar-refractivity contribution in [3.63, 3.8) is 0 Å². The van der Waals surface area contributed by atoms with Crippen molar-refractivity contribution in [1.82, 2.24) is 9.47 Å². The van der Waals surface area contributed by atoms with E-state index >= 15 is 0 Å². The maximum Gasteiger partial charge on any atom is 0.255 e. The minimum Gasteiger partial charge on any atom is -0.399 e. The molecule has 1 aromatic heterocycles. The largest absolute Gasteiger partial charge is 0.399 e. The van der Waals surface area contributed by atoms with Gasteiger partial charge in [-0.05, 0) is 35.9 Å². The van der Waals surface area contributed by atoms with Crippen LogP contribution in [0.1, 0.15) is 21.6 Å². The van der Waals surface area contributed by atoms with E-state index in [-0.39, 0.29) is 5.91 Å². The number of carbonyl (C=O) groups excluding carboxylic acids is 1. The van der Waals surface area contributed by atoms with E-state index in [4.69, 9.17) is 45.3 Å².